The lowest BCUT2D eigenvalue weighted by Gasteiger charge is -2.06. The van der Waals surface area contributed by atoms with Crippen molar-refractivity contribution in [2.24, 2.45) is 0 Å². The molecular weight excluding hydrogens is 338 g/mol. The predicted molar refractivity (Wildman–Crippen MR) is 104 cm³/mol. The number of rotatable bonds is 4. The highest BCUT2D eigenvalue weighted by molar-refractivity contribution is 7.16. The molecule has 0 aliphatic heterocycles. The zero-order chi connectivity index (χ0) is 16.9. The van der Waals surface area contributed by atoms with Crippen LogP contribution in [-0.2, 0) is 4.79 Å². The fourth-order valence-electron chi connectivity index (χ4n) is 2.30. The van der Waals surface area contributed by atoms with Gasteiger partial charge < -0.3 is 5.32 Å². The number of benzene rings is 2. The number of carbonyl (C=O) groups excluding carboxylic acids is 1. The molecule has 0 atom stereocenters. The summed E-state index contributed by atoms with van der Waals surface area (Å²) in [6.07, 6.45) is 3.38. The summed E-state index contributed by atoms with van der Waals surface area (Å²) in [5.41, 5.74) is 2.89. The molecule has 3 rings (SSSR count). The van der Waals surface area contributed by atoms with Crippen molar-refractivity contribution < 1.29 is 4.79 Å². The zero-order valence-corrected chi connectivity index (χ0v) is 14.7. The van der Waals surface area contributed by atoms with Crippen LogP contribution in [0, 0.1) is 6.92 Å². The Bertz CT molecular complexity index is 884. The van der Waals surface area contributed by atoms with E-state index in [9.17, 15) is 4.79 Å². The highest BCUT2D eigenvalue weighted by atomic mass is 35.5. The number of anilines is 1. The first-order valence-electron chi connectivity index (χ1n) is 7.52. The molecule has 4 heteroatoms. The van der Waals surface area contributed by atoms with E-state index in [1.165, 1.54) is 10.4 Å². The Labute approximate surface area is 150 Å². The number of nitrogens with one attached hydrogen (secondary N) is 1. The van der Waals surface area contributed by atoms with Gasteiger partial charge in [0.2, 0.25) is 5.91 Å². The van der Waals surface area contributed by atoms with Crippen LogP contribution in [0.15, 0.2) is 66.7 Å². The smallest absolute Gasteiger partial charge is 0.248 e. The van der Waals surface area contributed by atoms with E-state index < -0.39 is 0 Å². The Kier molecular flexibility index (Phi) is 5.14. The van der Waals surface area contributed by atoms with Crippen LogP contribution in [0.3, 0.4) is 0 Å². The van der Waals surface area contributed by atoms with Gasteiger partial charge in [-0.3, -0.25) is 4.79 Å². The third-order valence-corrected chi connectivity index (χ3v) is 4.87. The van der Waals surface area contributed by atoms with Gasteiger partial charge in [0.05, 0.1) is 0 Å². The van der Waals surface area contributed by atoms with Crippen molar-refractivity contribution in [1.29, 1.82) is 0 Å². The second-order valence-corrected chi connectivity index (χ2v) is 6.90. The highest BCUT2D eigenvalue weighted by Crippen LogP contribution is 2.28. The van der Waals surface area contributed by atoms with Crippen molar-refractivity contribution >= 4 is 40.6 Å². The molecule has 0 spiro atoms. The largest absolute Gasteiger partial charge is 0.322 e. The van der Waals surface area contributed by atoms with E-state index in [0.29, 0.717) is 5.02 Å². The average Bonchev–Trinajstić information content (AvgIpc) is 3.05. The van der Waals surface area contributed by atoms with Gasteiger partial charge in [0, 0.05) is 26.5 Å². The minimum Gasteiger partial charge on any atom is -0.322 e. The maximum atomic E-state index is 12.1. The molecular formula is C20H16ClNOS. The molecule has 1 N–H and O–H groups in total. The number of hydrogen-bond donors (Lipinski definition) is 1. The number of carbonyl (C=O) groups is 1. The Balaban J connectivity index is 1.67. The first-order valence-corrected chi connectivity index (χ1v) is 8.72. The fourth-order valence-corrected chi connectivity index (χ4v) is 3.44. The van der Waals surface area contributed by atoms with E-state index in [1.54, 1.807) is 23.5 Å². The molecule has 1 aromatic heterocycles. The van der Waals surface area contributed by atoms with E-state index in [0.717, 1.165) is 16.1 Å². The number of amides is 1. The SMILES string of the molecule is Cc1cc(Cl)ccc1NC(=O)/C=C/c1ccc(-c2ccccc2)s1. The van der Waals surface area contributed by atoms with Crippen molar-refractivity contribution in [2.75, 3.05) is 5.32 Å². The van der Waals surface area contributed by atoms with E-state index in [4.69, 9.17) is 11.6 Å². The summed E-state index contributed by atoms with van der Waals surface area (Å²) in [5.74, 6) is -0.157. The topological polar surface area (TPSA) is 29.1 Å². The van der Waals surface area contributed by atoms with Crippen LogP contribution in [0.1, 0.15) is 10.4 Å². The van der Waals surface area contributed by atoms with E-state index in [1.807, 2.05) is 49.4 Å². The Morgan fingerprint density at radius 3 is 2.62 bits per heavy atom. The van der Waals surface area contributed by atoms with Crippen molar-refractivity contribution in [3.8, 4) is 10.4 Å². The lowest BCUT2D eigenvalue weighted by molar-refractivity contribution is -0.111. The van der Waals surface area contributed by atoms with Crippen LogP contribution in [0.25, 0.3) is 16.5 Å². The summed E-state index contributed by atoms with van der Waals surface area (Å²) >= 11 is 7.58. The molecule has 0 radical (unpaired) electrons. The first kappa shape index (κ1) is 16.5. The fraction of sp³-hybridized carbons (Fsp3) is 0.0500. The molecule has 0 aliphatic carbocycles. The van der Waals surface area contributed by atoms with Crippen LogP contribution >= 0.6 is 22.9 Å². The van der Waals surface area contributed by atoms with Crippen LogP contribution < -0.4 is 5.32 Å². The van der Waals surface area contributed by atoms with Crippen molar-refractivity contribution in [2.45, 2.75) is 6.92 Å². The summed E-state index contributed by atoms with van der Waals surface area (Å²) < 4.78 is 0. The zero-order valence-electron chi connectivity index (χ0n) is 13.1. The number of hydrogen-bond acceptors (Lipinski definition) is 2. The van der Waals surface area contributed by atoms with Crippen molar-refractivity contribution in [3.05, 3.63) is 82.2 Å². The van der Waals surface area contributed by atoms with Gasteiger partial charge in [0.15, 0.2) is 0 Å². The van der Waals surface area contributed by atoms with E-state index in [2.05, 4.69) is 23.5 Å². The van der Waals surface area contributed by atoms with Crippen molar-refractivity contribution in [3.63, 3.8) is 0 Å². The van der Waals surface area contributed by atoms with Gasteiger partial charge in [-0.2, -0.15) is 0 Å². The molecule has 2 aromatic carbocycles. The third-order valence-electron chi connectivity index (χ3n) is 3.53. The Morgan fingerprint density at radius 2 is 1.88 bits per heavy atom. The maximum Gasteiger partial charge on any atom is 0.248 e. The summed E-state index contributed by atoms with van der Waals surface area (Å²) in [6, 6.07) is 19.7. The van der Waals surface area contributed by atoms with Gasteiger partial charge >= 0.3 is 0 Å². The molecule has 120 valence electrons. The summed E-state index contributed by atoms with van der Waals surface area (Å²) in [7, 11) is 0. The minimum absolute atomic E-state index is 0.157. The molecule has 0 saturated heterocycles. The van der Waals surface area contributed by atoms with Gasteiger partial charge in [-0.1, -0.05) is 41.9 Å². The molecule has 2 nitrogen and oxygen atoms in total. The number of thiophene rings is 1. The molecule has 0 aliphatic rings. The monoisotopic (exact) mass is 353 g/mol. The normalized spacial score (nSPS) is 10.9. The lowest BCUT2D eigenvalue weighted by atomic mass is 10.2. The van der Waals surface area contributed by atoms with E-state index >= 15 is 0 Å². The molecule has 24 heavy (non-hydrogen) atoms. The molecule has 0 bridgehead atoms. The maximum absolute atomic E-state index is 12.1. The van der Waals surface area contributed by atoms with Crippen molar-refractivity contribution in [1.82, 2.24) is 0 Å². The van der Waals surface area contributed by atoms with E-state index in [-0.39, 0.29) is 5.91 Å². The average molecular weight is 354 g/mol. The van der Waals surface area contributed by atoms with Crippen LogP contribution in [0.4, 0.5) is 5.69 Å². The molecule has 3 aromatic rings. The van der Waals surface area contributed by atoms with Crippen LogP contribution in [0.5, 0.6) is 0 Å². The number of aryl methyl sites for hydroxylation is 1. The molecule has 1 heterocycles. The standard InChI is InChI=1S/C20H16ClNOS/c1-14-13-16(21)7-10-18(14)22-20(23)12-9-17-8-11-19(24-17)15-5-3-2-4-6-15/h2-13H,1H3,(H,22,23)/b12-9+. The second-order valence-electron chi connectivity index (χ2n) is 5.35. The minimum atomic E-state index is -0.157. The van der Waals surface area contributed by atoms with Crippen LogP contribution in [0.2, 0.25) is 5.02 Å². The molecule has 0 unspecified atom stereocenters. The molecule has 1 amide bonds. The quantitative estimate of drug-likeness (QED) is 0.570. The Hall–Kier alpha value is -2.36. The van der Waals surface area contributed by atoms with Gasteiger partial charge in [-0.15, -0.1) is 11.3 Å². The van der Waals surface area contributed by atoms with Crippen LogP contribution in [-0.4, -0.2) is 5.91 Å². The van der Waals surface area contributed by atoms with Gasteiger partial charge in [0.1, 0.15) is 0 Å². The summed E-state index contributed by atoms with van der Waals surface area (Å²) in [4.78, 5) is 14.3. The molecule has 0 fully saturated rings. The lowest BCUT2D eigenvalue weighted by Crippen LogP contribution is -2.08. The second kappa shape index (κ2) is 7.47. The van der Waals surface area contributed by atoms with Gasteiger partial charge in [-0.05, 0) is 54.5 Å². The molecule has 0 saturated carbocycles. The Morgan fingerprint density at radius 1 is 1.08 bits per heavy atom. The predicted octanol–water partition coefficient (Wildman–Crippen LogP) is 6.03. The first-order chi connectivity index (χ1) is 11.6. The van der Waals surface area contributed by atoms with Gasteiger partial charge in [-0.25, -0.2) is 0 Å². The van der Waals surface area contributed by atoms with Gasteiger partial charge in [0.25, 0.3) is 0 Å². The number of halogens is 1. The summed E-state index contributed by atoms with van der Waals surface area (Å²) in [5, 5.41) is 3.53. The highest BCUT2D eigenvalue weighted by Gasteiger charge is 2.03. The third kappa shape index (κ3) is 4.13. The summed E-state index contributed by atoms with van der Waals surface area (Å²) in [6.45, 7) is 1.91.